The van der Waals surface area contributed by atoms with Crippen molar-refractivity contribution in [2.45, 2.75) is 25.7 Å². The number of methoxy groups -OCH3 is 1. The molecule has 0 fully saturated rings. The second kappa shape index (κ2) is 8.42. The van der Waals surface area contributed by atoms with Gasteiger partial charge in [0.2, 0.25) is 0 Å². The molecule has 8 heteroatoms. The third kappa shape index (κ3) is 4.68. The van der Waals surface area contributed by atoms with E-state index in [9.17, 15) is 8.42 Å². The van der Waals surface area contributed by atoms with Crippen LogP contribution in [0.4, 0.5) is 0 Å². The molecule has 0 unspecified atom stereocenters. The highest BCUT2D eigenvalue weighted by atomic mass is 35.5. The summed E-state index contributed by atoms with van der Waals surface area (Å²) in [5.74, 6) is 0.878. The molecule has 2 aromatic rings. The normalized spacial score (nSPS) is 11.6. The zero-order chi connectivity index (χ0) is 19.3. The van der Waals surface area contributed by atoms with E-state index in [0.29, 0.717) is 34.3 Å². The number of hydrogen-bond acceptors (Lipinski definition) is 5. The summed E-state index contributed by atoms with van der Waals surface area (Å²) in [6.45, 7) is 5.92. The van der Waals surface area contributed by atoms with Crippen molar-refractivity contribution < 1.29 is 17.9 Å². The first-order chi connectivity index (χ1) is 12.3. The van der Waals surface area contributed by atoms with Gasteiger partial charge in [0.25, 0.3) is 10.0 Å². The number of nitrogens with one attached hydrogen (secondary N) is 1. The minimum absolute atomic E-state index is 0.183. The van der Waals surface area contributed by atoms with Crippen molar-refractivity contribution >= 4 is 27.8 Å². The molecule has 0 aliphatic heterocycles. The van der Waals surface area contributed by atoms with Crippen LogP contribution in [0.3, 0.4) is 0 Å². The minimum atomic E-state index is -3.76. The summed E-state index contributed by atoms with van der Waals surface area (Å²) in [5.41, 5.74) is 2.21. The number of benzene rings is 2. The first-order valence-electron chi connectivity index (χ1n) is 7.91. The van der Waals surface area contributed by atoms with Gasteiger partial charge in [0.15, 0.2) is 11.5 Å². The molecule has 0 bridgehead atoms. The zero-order valence-electron chi connectivity index (χ0n) is 15.0. The molecule has 0 aliphatic carbocycles. The molecule has 26 heavy (non-hydrogen) atoms. The van der Waals surface area contributed by atoms with Crippen LogP contribution in [0.25, 0.3) is 0 Å². The fraction of sp³-hybridized carbons (Fsp3) is 0.278. The third-order valence-electron chi connectivity index (χ3n) is 3.55. The van der Waals surface area contributed by atoms with Gasteiger partial charge in [0.1, 0.15) is 0 Å². The van der Waals surface area contributed by atoms with Crippen molar-refractivity contribution in [3.63, 3.8) is 0 Å². The van der Waals surface area contributed by atoms with Gasteiger partial charge in [0.05, 0.1) is 29.8 Å². The first-order valence-corrected chi connectivity index (χ1v) is 9.77. The Balaban J connectivity index is 2.23. The van der Waals surface area contributed by atoms with Gasteiger partial charge in [-0.2, -0.15) is 13.5 Å². The molecule has 0 radical (unpaired) electrons. The molecule has 0 amide bonds. The van der Waals surface area contributed by atoms with Crippen LogP contribution in [-0.4, -0.2) is 28.3 Å². The average Bonchev–Trinajstić information content (AvgIpc) is 2.56. The lowest BCUT2D eigenvalue weighted by molar-refractivity contribution is 0.311. The maximum Gasteiger partial charge on any atom is 0.276 e. The lowest BCUT2D eigenvalue weighted by atomic mass is 10.2. The lowest BCUT2D eigenvalue weighted by Gasteiger charge is -2.11. The monoisotopic (exact) mass is 396 g/mol. The minimum Gasteiger partial charge on any atom is -0.493 e. The first kappa shape index (κ1) is 20.1. The van der Waals surface area contributed by atoms with Gasteiger partial charge < -0.3 is 9.47 Å². The topological polar surface area (TPSA) is 77.0 Å². The van der Waals surface area contributed by atoms with E-state index < -0.39 is 10.0 Å². The van der Waals surface area contributed by atoms with Gasteiger partial charge in [-0.05, 0) is 50.1 Å². The van der Waals surface area contributed by atoms with Crippen LogP contribution in [0.5, 0.6) is 11.5 Å². The summed E-state index contributed by atoms with van der Waals surface area (Å²) in [5, 5.41) is 4.18. The van der Waals surface area contributed by atoms with Crippen LogP contribution in [0.2, 0.25) is 5.02 Å². The van der Waals surface area contributed by atoms with Gasteiger partial charge in [-0.3, -0.25) is 0 Å². The maximum atomic E-state index is 12.4. The predicted molar refractivity (Wildman–Crippen MR) is 103 cm³/mol. The standard InChI is InChI=1S/C18H21ClN2O4S/c1-5-25-18-15(19)9-14(10-16(18)24-4)11-20-21-26(22,23)17-7-6-12(2)8-13(17)3/h6-11,21H,5H2,1-4H3/b20-11+. The number of rotatable bonds is 7. The van der Waals surface area contributed by atoms with Gasteiger partial charge in [-0.25, -0.2) is 4.83 Å². The quantitative estimate of drug-likeness (QED) is 0.572. The van der Waals surface area contributed by atoms with Crippen LogP contribution in [0.15, 0.2) is 40.3 Å². The van der Waals surface area contributed by atoms with Crippen molar-refractivity contribution in [3.8, 4) is 11.5 Å². The summed E-state index contributed by atoms with van der Waals surface area (Å²) in [6, 6.07) is 8.37. The largest absolute Gasteiger partial charge is 0.493 e. The maximum absolute atomic E-state index is 12.4. The summed E-state index contributed by atoms with van der Waals surface area (Å²) >= 11 is 6.19. The fourth-order valence-corrected chi connectivity index (χ4v) is 3.71. The number of ether oxygens (including phenoxy) is 2. The molecule has 2 rings (SSSR count). The van der Waals surface area contributed by atoms with E-state index in [1.54, 1.807) is 37.3 Å². The molecule has 1 N–H and O–H groups in total. The van der Waals surface area contributed by atoms with Crippen LogP contribution >= 0.6 is 11.6 Å². The predicted octanol–water partition coefficient (Wildman–Crippen LogP) is 3.68. The Labute approximate surface area is 158 Å². The summed E-state index contributed by atoms with van der Waals surface area (Å²) in [7, 11) is -2.26. The number of halogens is 1. The Morgan fingerprint density at radius 2 is 1.96 bits per heavy atom. The molecule has 0 aromatic heterocycles. The number of hydrazone groups is 1. The van der Waals surface area contributed by atoms with E-state index in [2.05, 4.69) is 9.93 Å². The molecule has 0 aliphatic rings. The molecule has 0 saturated heterocycles. The Morgan fingerprint density at radius 3 is 2.58 bits per heavy atom. The van der Waals surface area contributed by atoms with Crippen molar-refractivity contribution in [2.75, 3.05) is 13.7 Å². The van der Waals surface area contributed by atoms with E-state index in [4.69, 9.17) is 21.1 Å². The van der Waals surface area contributed by atoms with Crippen LogP contribution in [0.1, 0.15) is 23.6 Å². The number of aryl methyl sites for hydroxylation is 2. The Kier molecular flexibility index (Phi) is 6.50. The average molecular weight is 397 g/mol. The second-order valence-electron chi connectivity index (χ2n) is 5.59. The Morgan fingerprint density at radius 1 is 1.23 bits per heavy atom. The van der Waals surface area contributed by atoms with Crippen LogP contribution in [0, 0.1) is 13.8 Å². The highest BCUT2D eigenvalue weighted by Gasteiger charge is 2.16. The summed E-state index contributed by atoms with van der Waals surface area (Å²) < 4.78 is 35.5. The molecular formula is C18H21ClN2O4S. The molecule has 6 nitrogen and oxygen atoms in total. The van der Waals surface area contributed by atoms with E-state index in [1.165, 1.54) is 13.3 Å². The summed E-state index contributed by atoms with van der Waals surface area (Å²) in [6.07, 6.45) is 1.35. The second-order valence-corrected chi connectivity index (χ2v) is 7.63. The Hall–Kier alpha value is -2.25. The zero-order valence-corrected chi connectivity index (χ0v) is 16.6. The molecular weight excluding hydrogens is 376 g/mol. The number of hydrogen-bond donors (Lipinski definition) is 1. The molecule has 0 saturated carbocycles. The van der Waals surface area contributed by atoms with Crippen LogP contribution < -0.4 is 14.3 Å². The molecule has 0 atom stereocenters. The highest BCUT2D eigenvalue weighted by Crippen LogP contribution is 2.35. The van der Waals surface area contributed by atoms with Gasteiger partial charge in [-0.15, -0.1) is 0 Å². The van der Waals surface area contributed by atoms with Crippen LogP contribution in [-0.2, 0) is 10.0 Å². The number of sulfonamides is 1. The smallest absolute Gasteiger partial charge is 0.276 e. The molecule has 140 valence electrons. The van der Waals surface area contributed by atoms with Crippen molar-refractivity contribution in [3.05, 3.63) is 52.0 Å². The van der Waals surface area contributed by atoms with Crippen molar-refractivity contribution in [1.82, 2.24) is 4.83 Å². The highest BCUT2D eigenvalue weighted by molar-refractivity contribution is 7.89. The van der Waals surface area contributed by atoms with Gasteiger partial charge in [0, 0.05) is 0 Å². The Bertz CT molecular complexity index is 927. The molecule has 0 spiro atoms. The molecule has 2 aromatic carbocycles. The van der Waals surface area contributed by atoms with Gasteiger partial charge >= 0.3 is 0 Å². The molecule has 0 heterocycles. The van der Waals surface area contributed by atoms with E-state index in [0.717, 1.165) is 5.56 Å². The van der Waals surface area contributed by atoms with E-state index in [-0.39, 0.29) is 4.90 Å². The lowest BCUT2D eigenvalue weighted by Crippen LogP contribution is -2.19. The third-order valence-corrected chi connectivity index (χ3v) is 5.21. The summed E-state index contributed by atoms with van der Waals surface area (Å²) in [4.78, 5) is 2.39. The van der Waals surface area contributed by atoms with E-state index in [1.807, 2.05) is 13.8 Å². The van der Waals surface area contributed by atoms with Crippen molar-refractivity contribution in [2.24, 2.45) is 5.10 Å². The van der Waals surface area contributed by atoms with E-state index >= 15 is 0 Å². The fourth-order valence-electron chi connectivity index (χ4n) is 2.42. The van der Waals surface area contributed by atoms with Gasteiger partial charge in [-0.1, -0.05) is 29.3 Å². The number of nitrogens with zero attached hydrogens (tertiary/aromatic N) is 1. The SMILES string of the molecule is CCOc1c(Cl)cc(/C=N/NS(=O)(=O)c2ccc(C)cc2C)cc1OC. The van der Waals surface area contributed by atoms with Crippen molar-refractivity contribution in [1.29, 1.82) is 0 Å².